The molecule has 0 unspecified atom stereocenters. The Hall–Kier alpha value is -3.81. The molecule has 0 aliphatic carbocycles. The normalized spacial score (nSPS) is 12.6. The molecule has 0 bridgehead atoms. The van der Waals surface area contributed by atoms with Crippen LogP contribution in [0.3, 0.4) is 0 Å². The first-order valence-electron chi connectivity index (χ1n) is 9.02. The maximum Gasteiger partial charge on any atom is 0.262 e. The summed E-state index contributed by atoms with van der Waals surface area (Å²) in [5, 5.41) is 9.41. The summed E-state index contributed by atoms with van der Waals surface area (Å²) in [4.78, 5) is 23.9. The molecule has 4 rings (SSSR count). The number of carbonyl (C=O) groups is 2. The van der Waals surface area contributed by atoms with Gasteiger partial charge >= 0.3 is 0 Å². The molecule has 29 heavy (non-hydrogen) atoms. The van der Waals surface area contributed by atoms with Crippen LogP contribution in [0.5, 0.6) is 11.5 Å². The van der Waals surface area contributed by atoms with E-state index in [9.17, 15) is 9.59 Å². The van der Waals surface area contributed by atoms with Crippen molar-refractivity contribution in [3.05, 3.63) is 65.0 Å². The number of fused-ring (bicyclic) bond motifs is 1. The number of nitrogens with zero attached hydrogens (tertiary/aromatic N) is 1. The van der Waals surface area contributed by atoms with Crippen molar-refractivity contribution in [2.75, 3.05) is 17.2 Å². The van der Waals surface area contributed by atoms with Gasteiger partial charge in [0, 0.05) is 11.3 Å². The number of aryl methyl sites for hydroxylation is 2. The van der Waals surface area contributed by atoms with Gasteiger partial charge in [0.25, 0.3) is 11.8 Å². The second-order valence-electron chi connectivity index (χ2n) is 6.62. The number of hydrogen-bond acceptors (Lipinski definition) is 6. The fourth-order valence-corrected chi connectivity index (χ4v) is 2.93. The number of ether oxygens (including phenoxy) is 2. The third kappa shape index (κ3) is 4.06. The van der Waals surface area contributed by atoms with Crippen LogP contribution in [0.4, 0.5) is 11.4 Å². The molecule has 2 aromatic carbocycles. The first-order chi connectivity index (χ1) is 14.0. The second-order valence-corrected chi connectivity index (χ2v) is 6.62. The number of nitrogens with one attached hydrogen (secondary N) is 2. The van der Waals surface area contributed by atoms with Gasteiger partial charge in [0.2, 0.25) is 0 Å². The van der Waals surface area contributed by atoms with Crippen LogP contribution in [-0.4, -0.2) is 23.6 Å². The van der Waals surface area contributed by atoms with Crippen molar-refractivity contribution >= 4 is 23.2 Å². The number of anilines is 2. The van der Waals surface area contributed by atoms with E-state index in [-0.39, 0.29) is 18.4 Å². The van der Waals surface area contributed by atoms with E-state index >= 15 is 0 Å². The summed E-state index contributed by atoms with van der Waals surface area (Å²) in [6.45, 7) is 4.03. The molecule has 3 aromatic rings. The predicted octanol–water partition coefficient (Wildman–Crippen LogP) is 3.45. The lowest BCUT2D eigenvalue weighted by molar-refractivity contribution is -0.118. The number of carbonyl (C=O) groups excluding carboxylic acids is 2. The summed E-state index contributed by atoms with van der Waals surface area (Å²) >= 11 is 0. The summed E-state index contributed by atoms with van der Waals surface area (Å²) < 4.78 is 16.2. The lowest BCUT2D eigenvalue weighted by atomic mass is 10.2. The summed E-state index contributed by atoms with van der Waals surface area (Å²) in [6, 6.07) is 11.9. The lowest BCUT2D eigenvalue weighted by Crippen LogP contribution is -2.25. The van der Waals surface area contributed by atoms with Crippen molar-refractivity contribution in [3.8, 4) is 11.5 Å². The van der Waals surface area contributed by atoms with E-state index in [4.69, 9.17) is 14.0 Å². The Bertz CT molecular complexity index is 1050. The number of aromatic nitrogens is 1. The van der Waals surface area contributed by atoms with Gasteiger partial charge in [0.1, 0.15) is 23.9 Å². The van der Waals surface area contributed by atoms with E-state index in [0.717, 1.165) is 17.0 Å². The standard InChI is InChI=1S/C21H19N3O5/c1-12-17(13(2)29-24-12)10-27-16-6-3-14(4-7-16)21(26)22-15-5-8-19-18(9-15)23-20(25)11-28-19/h3-9H,10-11H2,1-2H3,(H,22,26)(H,23,25). The number of amides is 2. The van der Waals surface area contributed by atoms with E-state index in [1.54, 1.807) is 42.5 Å². The molecule has 8 heteroatoms. The summed E-state index contributed by atoms with van der Waals surface area (Å²) in [5.41, 5.74) is 3.27. The quantitative estimate of drug-likeness (QED) is 0.688. The Morgan fingerprint density at radius 2 is 2.00 bits per heavy atom. The van der Waals surface area contributed by atoms with Crippen LogP contribution < -0.4 is 20.1 Å². The average Bonchev–Trinajstić information content (AvgIpc) is 3.04. The minimum absolute atomic E-state index is 0.0105. The van der Waals surface area contributed by atoms with Crippen molar-refractivity contribution in [1.82, 2.24) is 5.16 Å². The van der Waals surface area contributed by atoms with Crippen molar-refractivity contribution in [2.24, 2.45) is 0 Å². The van der Waals surface area contributed by atoms with Crippen LogP contribution >= 0.6 is 0 Å². The maximum absolute atomic E-state index is 12.5. The molecule has 8 nitrogen and oxygen atoms in total. The smallest absolute Gasteiger partial charge is 0.262 e. The highest BCUT2D eigenvalue weighted by molar-refractivity contribution is 6.05. The van der Waals surface area contributed by atoms with Crippen LogP contribution in [0.1, 0.15) is 27.4 Å². The minimum atomic E-state index is -0.273. The highest BCUT2D eigenvalue weighted by atomic mass is 16.5. The zero-order valence-electron chi connectivity index (χ0n) is 15.9. The SMILES string of the molecule is Cc1noc(C)c1COc1ccc(C(=O)Nc2ccc3c(c2)NC(=O)CO3)cc1. The summed E-state index contributed by atoms with van der Waals surface area (Å²) in [5.74, 6) is 1.43. The average molecular weight is 393 g/mol. The molecule has 1 aromatic heterocycles. The zero-order valence-corrected chi connectivity index (χ0v) is 15.9. The van der Waals surface area contributed by atoms with Gasteiger partial charge in [-0.25, -0.2) is 0 Å². The van der Waals surface area contributed by atoms with Crippen LogP contribution in [0.2, 0.25) is 0 Å². The van der Waals surface area contributed by atoms with Crippen LogP contribution in [0.15, 0.2) is 47.0 Å². The van der Waals surface area contributed by atoms with Gasteiger partial charge in [-0.05, 0) is 56.3 Å². The van der Waals surface area contributed by atoms with Crippen LogP contribution in [0, 0.1) is 13.8 Å². The highest BCUT2D eigenvalue weighted by Gasteiger charge is 2.17. The van der Waals surface area contributed by atoms with E-state index in [2.05, 4.69) is 15.8 Å². The van der Waals surface area contributed by atoms with Crippen molar-refractivity contribution in [2.45, 2.75) is 20.5 Å². The zero-order chi connectivity index (χ0) is 20.4. The second kappa shape index (κ2) is 7.67. The highest BCUT2D eigenvalue weighted by Crippen LogP contribution is 2.30. The summed E-state index contributed by atoms with van der Waals surface area (Å²) in [7, 11) is 0. The molecule has 2 N–H and O–H groups in total. The van der Waals surface area contributed by atoms with E-state index in [1.165, 1.54) is 0 Å². The fraction of sp³-hybridized carbons (Fsp3) is 0.190. The van der Waals surface area contributed by atoms with E-state index in [1.807, 2.05) is 13.8 Å². The monoisotopic (exact) mass is 393 g/mol. The molecule has 2 amide bonds. The van der Waals surface area contributed by atoms with Crippen LogP contribution in [-0.2, 0) is 11.4 Å². The van der Waals surface area contributed by atoms with Gasteiger partial charge < -0.3 is 24.6 Å². The number of rotatable bonds is 5. The first-order valence-corrected chi connectivity index (χ1v) is 9.02. The minimum Gasteiger partial charge on any atom is -0.489 e. The molecule has 0 atom stereocenters. The third-order valence-corrected chi connectivity index (χ3v) is 4.55. The molecule has 0 saturated carbocycles. The largest absolute Gasteiger partial charge is 0.489 e. The fourth-order valence-electron chi connectivity index (χ4n) is 2.93. The van der Waals surface area contributed by atoms with Crippen molar-refractivity contribution in [1.29, 1.82) is 0 Å². The number of hydrogen-bond donors (Lipinski definition) is 2. The summed E-state index contributed by atoms with van der Waals surface area (Å²) in [6.07, 6.45) is 0. The Balaban J connectivity index is 1.39. The van der Waals surface area contributed by atoms with E-state index in [0.29, 0.717) is 35.0 Å². The van der Waals surface area contributed by atoms with E-state index < -0.39 is 0 Å². The van der Waals surface area contributed by atoms with Gasteiger partial charge in [-0.15, -0.1) is 0 Å². The van der Waals surface area contributed by atoms with Gasteiger partial charge in [-0.3, -0.25) is 9.59 Å². The van der Waals surface area contributed by atoms with Crippen molar-refractivity contribution < 1.29 is 23.6 Å². The molecule has 0 saturated heterocycles. The molecule has 2 heterocycles. The Morgan fingerprint density at radius 1 is 1.21 bits per heavy atom. The molecule has 148 valence electrons. The molecular formula is C21H19N3O5. The molecule has 1 aliphatic heterocycles. The van der Waals surface area contributed by atoms with Gasteiger partial charge in [0.15, 0.2) is 6.61 Å². The molecule has 0 fully saturated rings. The molecular weight excluding hydrogens is 374 g/mol. The Kier molecular flexibility index (Phi) is 4.90. The van der Waals surface area contributed by atoms with Gasteiger partial charge in [-0.1, -0.05) is 5.16 Å². The van der Waals surface area contributed by atoms with Gasteiger partial charge in [-0.2, -0.15) is 0 Å². The van der Waals surface area contributed by atoms with Crippen LogP contribution in [0.25, 0.3) is 0 Å². The molecule has 1 aliphatic rings. The topological polar surface area (TPSA) is 103 Å². The maximum atomic E-state index is 12.5. The van der Waals surface area contributed by atoms with Crippen molar-refractivity contribution in [3.63, 3.8) is 0 Å². The lowest BCUT2D eigenvalue weighted by Gasteiger charge is -2.18. The Morgan fingerprint density at radius 3 is 2.72 bits per heavy atom. The number of benzene rings is 2. The predicted molar refractivity (Wildman–Crippen MR) is 105 cm³/mol. The molecule has 0 radical (unpaired) electrons. The Labute approximate surface area is 166 Å². The van der Waals surface area contributed by atoms with Gasteiger partial charge in [0.05, 0.1) is 16.9 Å². The first kappa shape index (κ1) is 18.5. The molecule has 0 spiro atoms. The third-order valence-electron chi connectivity index (χ3n) is 4.55.